The van der Waals surface area contributed by atoms with Crippen LogP contribution in [0.5, 0.6) is 0 Å². The van der Waals surface area contributed by atoms with E-state index in [0.717, 1.165) is 5.69 Å². The van der Waals surface area contributed by atoms with Crippen molar-refractivity contribution in [2.75, 3.05) is 17.2 Å². The van der Waals surface area contributed by atoms with Crippen LogP contribution in [0.1, 0.15) is 17.3 Å². The maximum absolute atomic E-state index is 12.5. The quantitative estimate of drug-likeness (QED) is 0.863. The van der Waals surface area contributed by atoms with Crippen molar-refractivity contribution in [2.45, 2.75) is 6.92 Å². The Hall–Kier alpha value is -2.56. The van der Waals surface area contributed by atoms with Crippen LogP contribution in [0.2, 0.25) is 0 Å². The SMILES string of the molecule is CCN(C(=O)c1ccn(C)c(=O)c1)c1ccc(N)cc1. The van der Waals surface area contributed by atoms with E-state index in [1.807, 2.05) is 6.92 Å². The highest BCUT2D eigenvalue weighted by Gasteiger charge is 2.16. The molecule has 1 amide bonds. The summed E-state index contributed by atoms with van der Waals surface area (Å²) in [4.78, 5) is 25.7. The van der Waals surface area contributed by atoms with Crippen molar-refractivity contribution < 1.29 is 4.79 Å². The number of aromatic nitrogens is 1. The largest absolute Gasteiger partial charge is 0.399 e. The van der Waals surface area contributed by atoms with Crippen LogP contribution in [0.15, 0.2) is 47.4 Å². The average Bonchev–Trinajstić information content (AvgIpc) is 2.44. The fourth-order valence-corrected chi connectivity index (χ4v) is 1.94. The molecule has 0 aliphatic carbocycles. The van der Waals surface area contributed by atoms with Crippen LogP contribution in [0.4, 0.5) is 11.4 Å². The molecule has 0 atom stereocenters. The summed E-state index contributed by atoms with van der Waals surface area (Å²) in [6.07, 6.45) is 1.59. The molecule has 2 rings (SSSR count). The minimum absolute atomic E-state index is 0.199. The minimum atomic E-state index is -0.204. The van der Waals surface area contributed by atoms with E-state index in [1.165, 1.54) is 10.6 Å². The summed E-state index contributed by atoms with van der Waals surface area (Å²) in [6.45, 7) is 2.40. The van der Waals surface area contributed by atoms with Crippen molar-refractivity contribution in [3.63, 3.8) is 0 Å². The number of anilines is 2. The van der Waals surface area contributed by atoms with Gasteiger partial charge in [0.2, 0.25) is 0 Å². The number of amides is 1. The Labute approximate surface area is 117 Å². The summed E-state index contributed by atoms with van der Waals surface area (Å²) < 4.78 is 1.43. The third-order valence-electron chi connectivity index (χ3n) is 3.12. The van der Waals surface area contributed by atoms with Gasteiger partial charge in [0.25, 0.3) is 11.5 Å². The van der Waals surface area contributed by atoms with Gasteiger partial charge in [0.05, 0.1) is 0 Å². The fraction of sp³-hybridized carbons (Fsp3) is 0.200. The number of aryl methyl sites for hydroxylation is 1. The molecule has 0 spiro atoms. The number of rotatable bonds is 3. The van der Waals surface area contributed by atoms with Gasteiger partial charge in [-0.05, 0) is 37.3 Å². The highest BCUT2D eigenvalue weighted by molar-refractivity contribution is 6.06. The molecular formula is C15H17N3O2. The summed E-state index contributed by atoms with van der Waals surface area (Å²) in [5.74, 6) is -0.199. The van der Waals surface area contributed by atoms with E-state index in [2.05, 4.69) is 0 Å². The van der Waals surface area contributed by atoms with Crippen LogP contribution in [0, 0.1) is 0 Å². The van der Waals surface area contributed by atoms with Crippen LogP contribution in [0.3, 0.4) is 0 Å². The molecule has 0 aliphatic heterocycles. The Bertz CT molecular complexity index is 674. The number of carbonyl (C=O) groups is 1. The molecule has 1 aromatic heterocycles. The molecule has 0 saturated heterocycles. The van der Waals surface area contributed by atoms with Crippen LogP contribution < -0.4 is 16.2 Å². The highest BCUT2D eigenvalue weighted by Crippen LogP contribution is 2.18. The Kier molecular flexibility index (Phi) is 3.89. The summed E-state index contributed by atoms with van der Waals surface area (Å²) in [6, 6.07) is 10.1. The zero-order valence-electron chi connectivity index (χ0n) is 11.5. The first-order valence-electron chi connectivity index (χ1n) is 6.37. The van der Waals surface area contributed by atoms with E-state index < -0.39 is 0 Å². The second kappa shape index (κ2) is 5.61. The van der Waals surface area contributed by atoms with Crippen LogP contribution >= 0.6 is 0 Å². The number of nitrogens with two attached hydrogens (primary N) is 1. The minimum Gasteiger partial charge on any atom is -0.399 e. The van der Waals surface area contributed by atoms with Gasteiger partial charge in [0.1, 0.15) is 0 Å². The fourth-order valence-electron chi connectivity index (χ4n) is 1.94. The van der Waals surface area contributed by atoms with Crippen LogP contribution in [0.25, 0.3) is 0 Å². The standard InChI is InChI=1S/C15H17N3O2/c1-3-18(13-6-4-12(16)5-7-13)15(20)11-8-9-17(2)14(19)10-11/h4-10H,3,16H2,1-2H3. The molecule has 0 saturated carbocycles. The summed E-state index contributed by atoms with van der Waals surface area (Å²) in [5, 5.41) is 0. The lowest BCUT2D eigenvalue weighted by atomic mass is 10.2. The van der Waals surface area contributed by atoms with Crippen molar-refractivity contribution in [1.82, 2.24) is 4.57 Å². The van der Waals surface area contributed by atoms with Crippen LogP contribution in [-0.4, -0.2) is 17.0 Å². The monoisotopic (exact) mass is 271 g/mol. The molecule has 2 aromatic rings. The Balaban J connectivity index is 2.36. The number of hydrogen-bond acceptors (Lipinski definition) is 3. The lowest BCUT2D eigenvalue weighted by Crippen LogP contribution is -2.31. The van der Waals surface area contributed by atoms with E-state index in [-0.39, 0.29) is 11.5 Å². The maximum Gasteiger partial charge on any atom is 0.258 e. The molecule has 0 unspecified atom stereocenters. The smallest absolute Gasteiger partial charge is 0.258 e. The van der Waals surface area contributed by atoms with Gasteiger partial charge < -0.3 is 15.2 Å². The average molecular weight is 271 g/mol. The van der Waals surface area contributed by atoms with Gasteiger partial charge in [-0.3, -0.25) is 9.59 Å². The van der Waals surface area contributed by atoms with E-state index in [1.54, 1.807) is 48.5 Å². The molecule has 0 bridgehead atoms. The van der Waals surface area contributed by atoms with E-state index >= 15 is 0 Å². The topological polar surface area (TPSA) is 68.3 Å². The van der Waals surface area contributed by atoms with Crippen molar-refractivity contribution in [1.29, 1.82) is 0 Å². The second-order valence-corrected chi connectivity index (χ2v) is 4.51. The van der Waals surface area contributed by atoms with Crippen molar-refractivity contribution >= 4 is 17.3 Å². The molecule has 1 heterocycles. The first-order chi connectivity index (χ1) is 9.52. The van der Waals surface area contributed by atoms with Crippen molar-refractivity contribution in [3.05, 3.63) is 58.5 Å². The number of pyridine rings is 1. The molecule has 0 aliphatic rings. The van der Waals surface area contributed by atoms with Crippen molar-refractivity contribution in [3.8, 4) is 0 Å². The third-order valence-corrected chi connectivity index (χ3v) is 3.12. The Morgan fingerprint density at radius 1 is 1.25 bits per heavy atom. The van der Waals surface area contributed by atoms with Gasteiger partial charge >= 0.3 is 0 Å². The van der Waals surface area contributed by atoms with Gasteiger partial charge in [-0.1, -0.05) is 0 Å². The lowest BCUT2D eigenvalue weighted by molar-refractivity contribution is 0.0988. The normalized spacial score (nSPS) is 10.3. The zero-order chi connectivity index (χ0) is 14.7. The summed E-state index contributed by atoms with van der Waals surface area (Å²) >= 11 is 0. The zero-order valence-corrected chi connectivity index (χ0v) is 11.5. The number of carbonyl (C=O) groups excluding carboxylic acids is 1. The number of hydrogen-bond donors (Lipinski definition) is 1. The molecule has 5 nitrogen and oxygen atoms in total. The van der Waals surface area contributed by atoms with Gasteiger partial charge in [0, 0.05) is 42.8 Å². The number of nitrogen functional groups attached to an aromatic ring is 1. The highest BCUT2D eigenvalue weighted by atomic mass is 16.2. The number of benzene rings is 1. The van der Waals surface area contributed by atoms with E-state index in [9.17, 15) is 9.59 Å². The first kappa shape index (κ1) is 13.9. The van der Waals surface area contributed by atoms with E-state index in [4.69, 9.17) is 5.73 Å². The predicted molar refractivity (Wildman–Crippen MR) is 79.9 cm³/mol. The molecule has 5 heteroatoms. The number of nitrogens with zero attached hydrogens (tertiary/aromatic N) is 2. The van der Waals surface area contributed by atoms with Gasteiger partial charge in [0.15, 0.2) is 0 Å². The molecule has 104 valence electrons. The third kappa shape index (κ3) is 2.71. The van der Waals surface area contributed by atoms with E-state index in [0.29, 0.717) is 17.8 Å². The second-order valence-electron chi connectivity index (χ2n) is 4.51. The maximum atomic E-state index is 12.5. The summed E-state index contributed by atoms with van der Waals surface area (Å²) in [7, 11) is 1.65. The summed E-state index contributed by atoms with van der Waals surface area (Å²) in [5.41, 5.74) is 7.22. The Morgan fingerprint density at radius 2 is 1.90 bits per heavy atom. The molecule has 0 radical (unpaired) electrons. The van der Waals surface area contributed by atoms with Gasteiger partial charge in [-0.2, -0.15) is 0 Å². The van der Waals surface area contributed by atoms with Gasteiger partial charge in [-0.25, -0.2) is 0 Å². The van der Waals surface area contributed by atoms with Crippen molar-refractivity contribution in [2.24, 2.45) is 7.05 Å². The Morgan fingerprint density at radius 3 is 2.45 bits per heavy atom. The van der Waals surface area contributed by atoms with Crippen LogP contribution in [-0.2, 0) is 7.05 Å². The first-order valence-corrected chi connectivity index (χ1v) is 6.37. The molecule has 1 aromatic carbocycles. The molecule has 2 N–H and O–H groups in total. The molecule has 20 heavy (non-hydrogen) atoms. The predicted octanol–water partition coefficient (Wildman–Crippen LogP) is 1.63. The van der Waals surface area contributed by atoms with Gasteiger partial charge in [-0.15, -0.1) is 0 Å². The molecular weight excluding hydrogens is 254 g/mol. The molecule has 0 fully saturated rings. The lowest BCUT2D eigenvalue weighted by Gasteiger charge is -2.21.